The third-order valence-electron chi connectivity index (χ3n) is 2.64. The van der Waals surface area contributed by atoms with E-state index in [1.54, 1.807) is 5.32 Å². The fourth-order valence-corrected chi connectivity index (χ4v) is 1.52. The lowest BCUT2D eigenvalue weighted by Crippen LogP contribution is -2.41. The Morgan fingerprint density at radius 3 is 2.30 bits per heavy atom. The molecule has 0 aromatic carbocycles. The van der Waals surface area contributed by atoms with Crippen molar-refractivity contribution in [1.82, 2.24) is 10.2 Å². The smallest absolute Gasteiger partial charge is 0.345 e. The van der Waals surface area contributed by atoms with Gasteiger partial charge < -0.3 is 16.0 Å². The van der Waals surface area contributed by atoms with E-state index < -0.39 is 18.6 Å². The summed E-state index contributed by atoms with van der Waals surface area (Å²) in [6.45, 7) is -1.13. The fraction of sp³-hybridized carbons (Fsp3) is 0.833. The lowest BCUT2D eigenvalue weighted by Gasteiger charge is -2.17. The van der Waals surface area contributed by atoms with E-state index in [0.717, 1.165) is 24.2 Å². The second-order valence-corrected chi connectivity index (χ2v) is 4.59. The van der Waals surface area contributed by atoms with Crippen LogP contribution in [0.5, 0.6) is 0 Å². The van der Waals surface area contributed by atoms with Crippen LogP contribution in [0.3, 0.4) is 0 Å². The molecule has 0 aliphatic rings. The first-order valence-corrected chi connectivity index (χ1v) is 6.53. The van der Waals surface area contributed by atoms with Gasteiger partial charge in [0.25, 0.3) is 0 Å². The van der Waals surface area contributed by atoms with Crippen LogP contribution in [0, 0.1) is 0 Å². The highest BCUT2D eigenvalue weighted by atomic mass is 19.4. The third kappa shape index (κ3) is 10.6. The maximum absolute atomic E-state index is 11.9. The van der Waals surface area contributed by atoms with E-state index in [2.05, 4.69) is 0 Å². The van der Waals surface area contributed by atoms with Crippen molar-refractivity contribution in [2.45, 2.75) is 38.3 Å². The van der Waals surface area contributed by atoms with Crippen molar-refractivity contribution in [3.05, 3.63) is 0 Å². The van der Waals surface area contributed by atoms with Gasteiger partial charge in [-0.25, -0.2) is 0 Å². The van der Waals surface area contributed by atoms with Crippen molar-refractivity contribution in [2.24, 2.45) is 5.73 Å². The van der Waals surface area contributed by atoms with Crippen molar-refractivity contribution in [2.75, 3.05) is 26.7 Å². The highest BCUT2D eigenvalue weighted by Gasteiger charge is 2.27. The molecule has 0 aliphatic carbocycles. The number of nitrogens with one attached hydrogen (secondary N) is 1. The van der Waals surface area contributed by atoms with E-state index in [1.165, 1.54) is 7.05 Å². The zero-order valence-corrected chi connectivity index (χ0v) is 11.6. The normalized spacial score (nSPS) is 11.2. The summed E-state index contributed by atoms with van der Waals surface area (Å²) in [5, 5.41) is 1.72. The van der Waals surface area contributed by atoms with Gasteiger partial charge in [0.15, 0.2) is 0 Å². The number of alkyl halides is 3. The standard InChI is InChI=1S/C12H22F3N3O2/c1-18(8-10(19)17-9-12(13,14)15)11(20)6-4-2-3-5-7-16/h2-9,16H2,1H3,(H,17,19). The Morgan fingerprint density at radius 2 is 1.75 bits per heavy atom. The number of nitrogens with zero attached hydrogens (tertiary/aromatic N) is 1. The Hall–Kier alpha value is -1.31. The minimum atomic E-state index is -4.44. The summed E-state index contributed by atoms with van der Waals surface area (Å²) in [7, 11) is 1.40. The van der Waals surface area contributed by atoms with Crippen LogP contribution >= 0.6 is 0 Å². The van der Waals surface area contributed by atoms with E-state index in [-0.39, 0.29) is 18.9 Å². The van der Waals surface area contributed by atoms with E-state index in [1.807, 2.05) is 0 Å². The molecule has 2 amide bonds. The minimum absolute atomic E-state index is 0.250. The van der Waals surface area contributed by atoms with Crippen LogP contribution in [0.4, 0.5) is 13.2 Å². The van der Waals surface area contributed by atoms with Crippen LogP contribution in [0.2, 0.25) is 0 Å². The molecular formula is C12H22F3N3O2. The van der Waals surface area contributed by atoms with Crippen molar-refractivity contribution in [3.63, 3.8) is 0 Å². The van der Waals surface area contributed by atoms with Crippen molar-refractivity contribution in [3.8, 4) is 0 Å². The third-order valence-corrected chi connectivity index (χ3v) is 2.64. The summed E-state index contributed by atoms with van der Waals surface area (Å²) in [6.07, 6.45) is -0.747. The number of hydrogen-bond donors (Lipinski definition) is 2. The van der Waals surface area contributed by atoms with Crippen LogP contribution in [0.1, 0.15) is 32.1 Å². The quantitative estimate of drug-likeness (QED) is 0.624. The molecule has 0 unspecified atom stereocenters. The second-order valence-electron chi connectivity index (χ2n) is 4.59. The molecule has 0 aromatic heterocycles. The molecule has 0 bridgehead atoms. The van der Waals surface area contributed by atoms with Crippen LogP contribution in [-0.2, 0) is 9.59 Å². The molecule has 0 radical (unpaired) electrons. The predicted molar refractivity (Wildman–Crippen MR) is 68.8 cm³/mol. The lowest BCUT2D eigenvalue weighted by atomic mass is 10.1. The number of nitrogens with two attached hydrogens (primary N) is 1. The van der Waals surface area contributed by atoms with E-state index >= 15 is 0 Å². The number of amides is 2. The monoisotopic (exact) mass is 297 g/mol. The molecule has 0 rings (SSSR count). The van der Waals surface area contributed by atoms with Crippen molar-refractivity contribution in [1.29, 1.82) is 0 Å². The van der Waals surface area contributed by atoms with Crippen LogP contribution in [0.25, 0.3) is 0 Å². The lowest BCUT2D eigenvalue weighted by molar-refractivity contribution is -0.141. The summed E-state index contributed by atoms with van der Waals surface area (Å²) in [6, 6.07) is 0. The van der Waals surface area contributed by atoms with Gasteiger partial charge in [0, 0.05) is 13.5 Å². The molecule has 118 valence electrons. The van der Waals surface area contributed by atoms with Gasteiger partial charge in [-0.05, 0) is 19.4 Å². The molecule has 0 aromatic rings. The topological polar surface area (TPSA) is 75.4 Å². The molecule has 0 heterocycles. The molecule has 5 nitrogen and oxygen atoms in total. The first-order valence-electron chi connectivity index (χ1n) is 6.53. The van der Waals surface area contributed by atoms with Gasteiger partial charge in [0.05, 0.1) is 6.54 Å². The van der Waals surface area contributed by atoms with Crippen molar-refractivity contribution >= 4 is 11.8 Å². The number of hydrogen-bond acceptors (Lipinski definition) is 3. The van der Waals surface area contributed by atoms with E-state index in [0.29, 0.717) is 13.0 Å². The molecule has 0 spiro atoms. The number of halogens is 3. The molecule has 20 heavy (non-hydrogen) atoms. The summed E-state index contributed by atoms with van der Waals surface area (Å²) in [4.78, 5) is 23.9. The molecule has 0 atom stereocenters. The molecule has 3 N–H and O–H groups in total. The Balaban J connectivity index is 3.81. The summed E-state index contributed by atoms with van der Waals surface area (Å²) in [5.41, 5.74) is 5.33. The van der Waals surface area contributed by atoms with Gasteiger partial charge in [-0.2, -0.15) is 13.2 Å². The largest absolute Gasteiger partial charge is 0.405 e. The van der Waals surface area contributed by atoms with Gasteiger partial charge in [-0.1, -0.05) is 12.8 Å². The average molecular weight is 297 g/mol. The average Bonchev–Trinajstić information content (AvgIpc) is 2.35. The fourth-order valence-electron chi connectivity index (χ4n) is 1.52. The highest BCUT2D eigenvalue weighted by Crippen LogP contribution is 2.12. The van der Waals surface area contributed by atoms with Gasteiger partial charge in [-0.3, -0.25) is 9.59 Å². The Kier molecular flexibility index (Phi) is 8.94. The number of carbonyl (C=O) groups excluding carboxylic acids is 2. The van der Waals surface area contributed by atoms with Crippen LogP contribution in [-0.4, -0.2) is 49.6 Å². The summed E-state index contributed by atoms with van der Waals surface area (Å²) >= 11 is 0. The maximum Gasteiger partial charge on any atom is 0.405 e. The van der Waals surface area contributed by atoms with Gasteiger partial charge in [0.1, 0.15) is 6.54 Å². The van der Waals surface area contributed by atoms with Crippen molar-refractivity contribution < 1.29 is 22.8 Å². The first kappa shape index (κ1) is 18.7. The molecule has 0 saturated carbocycles. The van der Waals surface area contributed by atoms with Gasteiger partial charge in [-0.15, -0.1) is 0 Å². The minimum Gasteiger partial charge on any atom is -0.345 e. The Labute approximate surface area is 116 Å². The second kappa shape index (κ2) is 9.57. The molecule has 0 saturated heterocycles. The number of likely N-dealkylation sites (N-methyl/N-ethyl adjacent to an activating group) is 1. The zero-order valence-electron chi connectivity index (χ0n) is 11.6. The van der Waals surface area contributed by atoms with Gasteiger partial charge >= 0.3 is 6.18 Å². The summed E-state index contributed by atoms with van der Waals surface area (Å²) < 4.78 is 35.6. The maximum atomic E-state index is 11.9. The zero-order chi connectivity index (χ0) is 15.6. The van der Waals surface area contributed by atoms with Crippen LogP contribution < -0.4 is 11.1 Å². The molecule has 8 heteroatoms. The number of rotatable bonds is 9. The highest BCUT2D eigenvalue weighted by molar-refractivity contribution is 5.84. The summed E-state index contributed by atoms with van der Waals surface area (Å²) in [5.74, 6) is -1.07. The number of unbranched alkanes of at least 4 members (excludes halogenated alkanes) is 3. The Bertz CT molecular complexity index is 309. The molecule has 0 aliphatic heterocycles. The number of carbonyl (C=O) groups is 2. The Morgan fingerprint density at radius 1 is 1.15 bits per heavy atom. The van der Waals surface area contributed by atoms with Gasteiger partial charge in [0.2, 0.25) is 11.8 Å². The first-order chi connectivity index (χ1) is 9.26. The molecular weight excluding hydrogens is 275 g/mol. The van der Waals surface area contributed by atoms with Crippen LogP contribution in [0.15, 0.2) is 0 Å². The van der Waals surface area contributed by atoms with E-state index in [4.69, 9.17) is 5.73 Å². The van der Waals surface area contributed by atoms with E-state index in [9.17, 15) is 22.8 Å². The predicted octanol–water partition coefficient (Wildman–Crippen LogP) is 1.03. The molecule has 0 fully saturated rings. The SMILES string of the molecule is CN(CC(=O)NCC(F)(F)F)C(=O)CCCCCCN.